The molecule has 2 aliphatic rings. The lowest BCUT2D eigenvalue weighted by Crippen LogP contribution is -2.34. The number of amides is 2. The summed E-state index contributed by atoms with van der Waals surface area (Å²) in [5.41, 5.74) is 7.14. The molecule has 2 unspecified atom stereocenters. The number of nitrogens with one attached hydrogen (secondary N) is 2. The van der Waals surface area contributed by atoms with E-state index in [1.165, 1.54) is 0 Å². The number of carbonyl (C=O) groups is 2. The molecule has 0 bridgehead atoms. The summed E-state index contributed by atoms with van der Waals surface area (Å²) in [7, 11) is 0. The van der Waals surface area contributed by atoms with Crippen molar-refractivity contribution in [1.29, 1.82) is 0 Å². The highest BCUT2D eigenvalue weighted by molar-refractivity contribution is 5.98. The monoisotopic (exact) mass is 275 g/mol. The fraction of sp³-hybridized carbons (Fsp3) is 0.429. The predicted molar refractivity (Wildman–Crippen MR) is 74.5 cm³/mol. The second-order valence-corrected chi connectivity index (χ2v) is 5.24. The Labute approximate surface area is 116 Å². The predicted octanol–water partition coefficient (Wildman–Crippen LogP) is 1.08. The van der Waals surface area contributed by atoms with Crippen molar-refractivity contribution < 1.29 is 14.3 Å². The molecule has 2 amide bonds. The van der Waals surface area contributed by atoms with Crippen molar-refractivity contribution in [3.05, 3.63) is 18.2 Å². The molecule has 2 atom stereocenters. The van der Waals surface area contributed by atoms with Crippen molar-refractivity contribution in [2.45, 2.75) is 25.3 Å². The fourth-order valence-corrected chi connectivity index (χ4v) is 2.71. The van der Waals surface area contributed by atoms with Crippen molar-refractivity contribution in [2.24, 2.45) is 11.7 Å². The molecule has 6 heteroatoms. The number of hydrogen-bond acceptors (Lipinski definition) is 4. The summed E-state index contributed by atoms with van der Waals surface area (Å²) in [5.74, 6) is 0.230. The number of fused-ring (bicyclic) bond motifs is 1. The van der Waals surface area contributed by atoms with E-state index in [4.69, 9.17) is 10.5 Å². The average molecular weight is 275 g/mol. The normalized spacial score (nSPS) is 24.6. The van der Waals surface area contributed by atoms with Crippen molar-refractivity contribution in [3.8, 4) is 5.75 Å². The Bertz CT molecular complexity index is 559. The van der Waals surface area contributed by atoms with Gasteiger partial charge in [-0.25, -0.2) is 0 Å². The first-order valence-electron chi connectivity index (χ1n) is 6.76. The van der Waals surface area contributed by atoms with E-state index in [1.54, 1.807) is 18.2 Å². The first-order chi connectivity index (χ1) is 9.63. The zero-order valence-electron chi connectivity index (χ0n) is 11.0. The highest BCUT2D eigenvalue weighted by Gasteiger charge is 2.30. The van der Waals surface area contributed by atoms with Gasteiger partial charge in [-0.3, -0.25) is 9.59 Å². The van der Waals surface area contributed by atoms with Gasteiger partial charge in [0.25, 0.3) is 5.91 Å². The fourth-order valence-electron chi connectivity index (χ4n) is 2.71. The number of nitrogens with two attached hydrogens (primary N) is 1. The van der Waals surface area contributed by atoms with Gasteiger partial charge in [-0.1, -0.05) is 6.42 Å². The van der Waals surface area contributed by atoms with Crippen LogP contribution < -0.4 is 21.1 Å². The van der Waals surface area contributed by atoms with Crippen LogP contribution in [0.5, 0.6) is 5.75 Å². The molecule has 1 aliphatic heterocycles. The molecule has 1 aromatic carbocycles. The second kappa shape index (κ2) is 5.13. The average Bonchev–Trinajstić information content (AvgIpc) is 2.84. The largest absolute Gasteiger partial charge is 0.482 e. The minimum Gasteiger partial charge on any atom is -0.482 e. The molecule has 0 spiro atoms. The van der Waals surface area contributed by atoms with Crippen LogP contribution in [0.1, 0.15) is 19.3 Å². The smallest absolute Gasteiger partial charge is 0.262 e. The van der Waals surface area contributed by atoms with E-state index in [2.05, 4.69) is 10.6 Å². The first kappa shape index (κ1) is 12.9. The lowest BCUT2D eigenvalue weighted by Gasteiger charge is -2.20. The first-order valence-corrected chi connectivity index (χ1v) is 6.76. The van der Waals surface area contributed by atoms with Crippen LogP contribution in [0.15, 0.2) is 18.2 Å². The summed E-state index contributed by atoms with van der Waals surface area (Å²) >= 11 is 0. The summed E-state index contributed by atoms with van der Waals surface area (Å²) in [4.78, 5) is 23.4. The van der Waals surface area contributed by atoms with E-state index < -0.39 is 0 Å². The summed E-state index contributed by atoms with van der Waals surface area (Å²) < 4.78 is 5.27. The third-order valence-electron chi connectivity index (χ3n) is 3.79. The Kier molecular flexibility index (Phi) is 3.31. The highest BCUT2D eigenvalue weighted by Crippen LogP contribution is 2.31. The number of carbonyl (C=O) groups excluding carboxylic acids is 2. The minimum atomic E-state index is -0.196. The molecule has 0 saturated heterocycles. The molecule has 1 fully saturated rings. The molecule has 1 aliphatic carbocycles. The van der Waals surface area contributed by atoms with Gasteiger partial charge >= 0.3 is 0 Å². The van der Waals surface area contributed by atoms with Crippen LogP contribution in [0.3, 0.4) is 0 Å². The van der Waals surface area contributed by atoms with Gasteiger partial charge in [0.15, 0.2) is 6.61 Å². The number of benzene rings is 1. The number of rotatable bonds is 2. The van der Waals surface area contributed by atoms with Crippen LogP contribution in [0.4, 0.5) is 11.4 Å². The molecule has 1 saturated carbocycles. The van der Waals surface area contributed by atoms with Gasteiger partial charge in [0.2, 0.25) is 5.91 Å². The second-order valence-electron chi connectivity index (χ2n) is 5.24. The Balaban J connectivity index is 1.73. The molecule has 6 nitrogen and oxygen atoms in total. The maximum absolute atomic E-state index is 12.1. The van der Waals surface area contributed by atoms with E-state index in [0.717, 1.165) is 19.3 Å². The van der Waals surface area contributed by atoms with Gasteiger partial charge in [-0.2, -0.15) is 0 Å². The molecule has 0 aromatic heterocycles. The molecule has 3 rings (SSSR count). The van der Waals surface area contributed by atoms with Crippen LogP contribution in [-0.2, 0) is 9.59 Å². The Morgan fingerprint density at radius 2 is 2.25 bits per heavy atom. The summed E-state index contributed by atoms with van der Waals surface area (Å²) in [6.07, 6.45) is 2.72. The summed E-state index contributed by atoms with van der Waals surface area (Å²) in [6.45, 7) is 0.0234. The van der Waals surface area contributed by atoms with Crippen LogP contribution in [-0.4, -0.2) is 24.5 Å². The van der Waals surface area contributed by atoms with Gasteiger partial charge in [-0.05, 0) is 31.0 Å². The molecule has 1 aromatic rings. The van der Waals surface area contributed by atoms with Gasteiger partial charge in [-0.15, -0.1) is 0 Å². The Morgan fingerprint density at radius 1 is 1.40 bits per heavy atom. The van der Waals surface area contributed by atoms with E-state index in [1.807, 2.05) is 0 Å². The topological polar surface area (TPSA) is 93.5 Å². The number of ether oxygens (including phenoxy) is 1. The van der Waals surface area contributed by atoms with E-state index in [-0.39, 0.29) is 30.4 Å². The molecular formula is C14H17N3O3. The Hall–Kier alpha value is -2.08. The molecule has 4 N–H and O–H groups in total. The van der Waals surface area contributed by atoms with Gasteiger partial charge in [0, 0.05) is 11.7 Å². The third-order valence-corrected chi connectivity index (χ3v) is 3.79. The van der Waals surface area contributed by atoms with Crippen LogP contribution in [0.2, 0.25) is 0 Å². The quantitative estimate of drug-likeness (QED) is 0.753. The zero-order chi connectivity index (χ0) is 14.1. The maximum atomic E-state index is 12.1. The maximum Gasteiger partial charge on any atom is 0.262 e. The van der Waals surface area contributed by atoms with E-state index >= 15 is 0 Å². The van der Waals surface area contributed by atoms with Crippen LogP contribution in [0.25, 0.3) is 0 Å². The lowest BCUT2D eigenvalue weighted by atomic mass is 10.0. The third kappa shape index (κ3) is 2.46. The lowest BCUT2D eigenvalue weighted by molar-refractivity contribution is -0.120. The van der Waals surface area contributed by atoms with Crippen molar-refractivity contribution >= 4 is 23.2 Å². The van der Waals surface area contributed by atoms with Gasteiger partial charge < -0.3 is 21.1 Å². The summed E-state index contributed by atoms with van der Waals surface area (Å²) in [5, 5.41) is 5.57. The van der Waals surface area contributed by atoms with Crippen molar-refractivity contribution in [2.75, 3.05) is 17.2 Å². The molecular weight excluding hydrogens is 258 g/mol. The summed E-state index contributed by atoms with van der Waals surface area (Å²) in [6, 6.07) is 5.13. The molecule has 20 heavy (non-hydrogen) atoms. The van der Waals surface area contributed by atoms with E-state index in [9.17, 15) is 9.59 Å². The zero-order valence-corrected chi connectivity index (χ0v) is 11.0. The molecule has 0 radical (unpaired) electrons. The van der Waals surface area contributed by atoms with Crippen LogP contribution >= 0.6 is 0 Å². The van der Waals surface area contributed by atoms with Crippen molar-refractivity contribution in [3.63, 3.8) is 0 Å². The number of hydrogen-bond donors (Lipinski definition) is 3. The van der Waals surface area contributed by atoms with E-state index in [0.29, 0.717) is 17.1 Å². The Morgan fingerprint density at radius 3 is 3.00 bits per heavy atom. The molecule has 106 valence electrons. The van der Waals surface area contributed by atoms with Gasteiger partial charge in [0.1, 0.15) is 5.75 Å². The number of anilines is 2. The van der Waals surface area contributed by atoms with Gasteiger partial charge in [0.05, 0.1) is 11.6 Å². The van der Waals surface area contributed by atoms with Crippen LogP contribution in [0, 0.1) is 5.92 Å². The highest BCUT2D eigenvalue weighted by atomic mass is 16.5. The minimum absolute atomic E-state index is 0.0234. The standard InChI is InChI=1S/C14H17N3O3/c15-10-3-1-2-9(10)14(19)16-8-4-5-12-11(6-8)17-13(18)7-20-12/h4-6,9-10H,1-3,7,15H2,(H,16,19)(H,17,18). The van der Waals surface area contributed by atoms with Crippen molar-refractivity contribution in [1.82, 2.24) is 0 Å². The molecule has 1 heterocycles. The SMILES string of the molecule is NC1CCCC1C(=O)Nc1ccc2c(c1)NC(=O)CO2.